The van der Waals surface area contributed by atoms with E-state index in [2.05, 4.69) is 15.5 Å². The lowest BCUT2D eigenvalue weighted by Gasteiger charge is -2.35. The minimum Gasteiger partial charge on any atom is -0.371 e. The van der Waals surface area contributed by atoms with E-state index in [9.17, 15) is 14.0 Å². The number of benzene rings is 3. The maximum atomic E-state index is 13.4. The summed E-state index contributed by atoms with van der Waals surface area (Å²) in [6.07, 6.45) is 1.49. The van der Waals surface area contributed by atoms with Gasteiger partial charge in [-0.15, -0.1) is 0 Å². The maximum Gasteiger partial charge on any atom is 0.253 e. The zero-order valence-corrected chi connectivity index (χ0v) is 18.6. The third-order valence-electron chi connectivity index (χ3n) is 6.05. The Morgan fingerprint density at radius 2 is 1.61 bits per heavy atom. The molecule has 0 radical (unpaired) electrons. The van der Waals surface area contributed by atoms with Gasteiger partial charge in [0, 0.05) is 30.4 Å². The van der Waals surface area contributed by atoms with Gasteiger partial charge in [-0.3, -0.25) is 9.59 Å². The van der Waals surface area contributed by atoms with Crippen molar-refractivity contribution in [2.24, 2.45) is 0 Å². The number of nitrogens with zero attached hydrogens (tertiary/aromatic N) is 1. The van der Waals surface area contributed by atoms with Gasteiger partial charge in [0.05, 0.1) is 11.6 Å². The molecule has 3 aromatic rings. The van der Waals surface area contributed by atoms with E-state index >= 15 is 0 Å². The third kappa shape index (κ3) is 5.58. The predicted octanol–water partition coefficient (Wildman–Crippen LogP) is 4.72. The van der Waals surface area contributed by atoms with Crippen LogP contribution in [0.1, 0.15) is 52.1 Å². The first-order valence-corrected chi connectivity index (χ1v) is 11.3. The van der Waals surface area contributed by atoms with Crippen molar-refractivity contribution in [3.05, 3.63) is 101 Å². The lowest BCUT2D eigenvalue weighted by molar-refractivity contribution is 0.0927. The molecule has 1 saturated heterocycles. The van der Waals surface area contributed by atoms with Crippen molar-refractivity contribution in [1.29, 1.82) is 0 Å². The molecule has 170 valence electrons. The number of hydrogen-bond donors (Lipinski definition) is 2. The second-order valence-electron chi connectivity index (χ2n) is 8.37. The molecule has 3 aromatic carbocycles. The number of halogens is 1. The Morgan fingerprint density at radius 3 is 2.33 bits per heavy atom. The van der Waals surface area contributed by atoms with Crippen LogP contribution in [-0.2, 0) is 0 Å². The van der Waals surface area contributed by atoms with Gasteiger partial charge in [0.15, 0.2) is 0 Å². The molecular weight excluding hydrogens is 417 g/mol. The van der Waals surface area contributed by atoms with Gasteiger partial charge in [0.25, 0.3) is 11.8 Å². The fourth-order valence-electron chi connectivity index (χ4n) is 4.20. The molecule has 1 atom stereocenters. The summed E-state index contributed by atoms with van der Waals surface area (Å²) in [7, 11) is 0. The molecule has 5 nitrogen and oxygen atoms in total. The van der Waals surface area contributed by atoms with Gasteiger partial charge in [0.2, 0.25) is 0 Å². The van der Waals surface area contributed by atoms with Crippen molar-refractivity contribution in [3.63, 3.8) is 0 Å². The Balaban J connectivity index is 1.38. The van der Waals surface area contributed by atoms with Gasteiger partial charge < -0.3 is 15.5 Å². The van der Waals surface area contributed by atoms with Gasteiger partial charge in [0.1, 0.15) is 5.82 Å². The summed E-state index contributed by atoms with van der Waals surface area (Å²) in [5.41, 5.74) is 2.91. The number of carbonyl (C=O) groups excluding carboxylic acids is 2. The van der Waals surface area contributed by atoms with Crippen LogP contribution in [0, 0.1) is 5.82 Å². The van der Waals surface area contributed by atoms with E-state index in [-0.39, 0.29) is 23.9 Å². The van der Waals surface area contributed by atoms with Crippen LogP contribution >= 0.6 is 0 Å². The molecule has 0 unspecified atom stereocenters. The largest absolute Gasteiger partial charge is 0.371 e. The highest BCUT2D eigenvalue weighted by Crippen LogP contribution is 2.25. The number of para-hydroxylation sites is 1. The Morgan fingerprint density at radius 1 is 0.909 bits per heavy atom. The van der Waals surface area contributed by atoms with Crippen LogP contribution in [-0.4, -0.2) is 30.9 Å². The summed E-state index contributed by atoms with van der Waals surface area (Å²) in [5.74, 6) is -0.792. The number of anilines is 1. The van der Waals surface area contributed by atoms with E-state index in [4.69, 9.17) is 0 Å². The summed E-state index contributed by atoms with van der Waals surface area (Å²) in [5, 5.41) is 6.10. The fraction of sp³-hybridized carbons (Fsp3) is 0.259. The molecule has 1 fully saturated rings. The Hall–Kier alpha value is -3.67. The van der Waals surface area contributed by atoms with Crippen LogP contribution in [0.4, 0.5) is 10.1 Å². The lowest BCUT2D eigenvalue weighted by atomic mass is 10.0. The Kier molecular flexibility index (Phi) is 7.03. The molecular formula is C27H28FN3O2. The summed E-state index contributed by atoms with van der Waals surface area (Å²) in [6.45, 7) is 3.40. The van der Waals surface area contributed by atoms with E-state index in [1.165, 1.54) is 18.2 Å². The normalized spacial score (nSPS) is 15.0. The molecule has 6 heteroatoms. The summed E-state index contributed by atoms with van der Waals surface area (Å²) in [6, 6.07) is 23.1. The first-order valence-electron chi connectivity index (χ1n) is 11.3. The second-order valence-corrected chi connectivity index (χ2v) is 8.37. The molecule has 1 heterocycles. The molecule has 33 heavy (non-hydrogen) atoms. The molecule has 0 spiro atoms. The molecule has 0 saturated carbocycles. The van der Waals surface area contributed by atoms with E-state index in [1.54, 1.807) is 6.07 Å². The van der Waals surface area contributed by atoms with Gasteiger partial charge in [-0.2, -0.15) is 0 Å². The highest BCUT2D eigenvalue weighted by molar-refractivity contribution is 6.00. The lowest BCUT2D eigenvalue weighted by Crippen LogP contribution is -2.45. The average molecular weight is 446 g/mol. The zero-order chi connectivity index (χ0) is 23.2. The SMILES string of the molecule is C[C@@H](NC(=O)c1ccccc1N1CCC(NC(=O)c2cccc(F)c2)CC1)c1ccccc1. The minimum absolute atomic E-state index is 0.0103. The molecule has 1 aliphatic rings. The first kappa shape index (κ1) is 22.5. The quantitative estimate of drug-likeness (QED) is 0.577. The second kappa shape index (κ2) is 10.3. The van der Waals surface area contributed by atoms with Gasteiger partial charge in [-0.1, -0.05) is 48.5 Å². The number of nitrogens with one attached hydrogen (secondary N) is 2. The highest BCUT2D eigenvalue weighted by Gasteiger charge is 2.24. The summed E-state index contributed by atoms with van der Waals surface area (Å²) < 4.78 is 13.4. The van der Waals surface area contributed by atoms with Crippen LogP contribution < -0.4 is 15.5 Å². The van der Waals surface area contributed by atoms with E-state index in [0.717, 1.165) is 24.1 Å². The molecule has 1 aliphatic heterocycles. The van der Waals surface area contributed by atoms with Crippen LogP contribution in [0.25, 0.3) is 0 Å². The van der Waals surface area contributed by atoms with Crippen molar-refractivity contribution < 1.29 is 14.0 Å². The number of carbonyl (C=O) groups is 2. The van der Waals surface area contributed by atoms with Crippen molar-refractivity contribution in [2.45, 2.75) is 31.8 Å². The Labute approximate surface area is 193 Å². The number of rotatable bonds is 6. The maximum absolute atomic E-state index is 13.4. The van der Waals surface area contributed by atoms with Crippen LogP contribution in [0.2, 0.25) is 0 Å². The number of amides is 2. The highest BCUT2D eigenvalue weighted by atomic mass is 19.1. The topological polar surface area (TPSA) is 61.4 Å². The van der Waals surface area contributed by atoms with E-state index in [1.807, 2.05) is 61.5 Å². The van der Waals surface area contributed by atoms with E-state index in [0.29, 0.717) is 24.2 Å². The standard InChI is InChI=1S/C27H28FN3O2/c1-19(20-8-3-2-4-9-20)29-27(33)24-12-5-6-13-25(24)31-16-14-23(15-17-31)30-26(32)21-10-7-11-22(28)18-21/h2-13,18-19,23H,14-17H2,1H3,(H,29,33)(H,30,32)/t19-/m1/s1. The van der Waals surface area contributed by atoms with Crippen LogP contribution in [0.5, 0.6) is 0 Å². The monoisotopic (exact) mass is 445 g/mol. The average Bonchev–Trinajstić information content (AvgIpc) is 2.85. The first-order chi connectivity index (χ1) is 16.0. The third-order valence-corrected chi connectivity index (χ3v) is 6.05. The Bertz CT molecular complexity index is 1110. The zero-order valence-electron chi connectivity index (χ0n) is 18.6. The van der Waals surface area contributed by atoms with Crippen molar-refractivity contribution in [2.75, 3.05) is 18.0 Å². The van der Waals surface area contributed by atoms with Crippen LogP contribution in [0.3, 0.4) is 0 Å². The molecule has 4 rings (SSSR count). The van der Waals surface area contributed by atoms with Crippen molar-refractivity contribution >= 4 is 17.5 Å². The minimum atomic E-state index is -0.422. The van der Waals surface area contributed by atoms with Crippen LogP contribution in [0.15, 0.2) is 78.9 Å². The van der Waals surface area contributed by atoms with E-state index < -0.39 is 5.82 Å². The summed E-state index contributed by atoms with van der Waals surface area (Å²) >= 11 is 0. The van der Waals surface area contributed by atoms with Gasteiger partial charge in [-0.05, 0) is 55.7 Å². The molecule has 2 N–H and O–H groups in total. The number of piperidine rings is 1. The predicted molar refractivity (Wildman–Crippen MR) is 128 cm³/mol. The molecule has 0 aromatic heterocycles. The fourth-order valence-corrected chi connectivity index (χ4v) is 4.20. The van der Waals surface area contributed by atoms with Crippen molar-refractivity contribution in [1.82, 2.24) is 10.6 Å². The molecule has 0 bridgehead atoms. The summed E-state index contributed by atoms with van der Waals surface area (Å²) in [4.78, 5) is 27.7. The number of hydrogen-bond acceptors (Lipinski definition) is 3. The van der Waals surface area contributed by atoms with Crippen molar-refractivity contribution in [3.8, 4) is 0 Å². The smallest absolute Gasteiger partial charge is 0.253 e. The van der Waals surface area contributed by atoms with Gasteiger partial charge >= 0.3 is 0 Å². The van der Waals surface area contributed by atoms with Gasteiger partial charge in [-0.25, -0.2) is 4.39 Å². The molecule has 2 amide bonds. The molecule has 0 aliphatic carbocycles.